The Kier molecular flexibility index (Phi) is 3.87. The Bertz CT molecular complexity index is 825. The van der Waals surface area contributed by atoms with E-state index < -0.39 is 0 Å². The topological polar surface area (TPSA) is 89.3 Å². The Balaban J connectivity index is 1.90. The predicted molar refractivity (Wildman–Crippen MR) is 92.2 cm³/mol. The molecular formula is C16H16N4O2S. The summed E-state index contributed by atoms with van der Waals surface area (Å²) in [7, 11) is 0. The lowest BCUT2D eigenvalue weighted by Crippen LogP contribution is -2.26. The van der Waals surface area contributed by atoms with Gasteiger partial charge in [0.1, 0.15) is 16.6 Å². The van der Waals surface area contributed by atoms with Crippen LogP contribution in [0.5, 0.6) is 0 Å². The lowest BCUT2D eigenvalue weighted by atomic mass is 10.2. The van der Waals surface area contributed by atoms with Crippen molar-refractivity contribution < 1.29 is 9.90 Å². The third kappa shape index (κ3) is 2.95. The van der Waals surface area contributed by atoms with E-state index in [4.69, 9.17) is 5.41 Å². The molecule has 1 aliphatic rings. The Morgan fingerprint density at radius 2 is 2.26 bits per heavy atom. The standard InChI is InChI=1S/C16H16N4O2S/c1-9-8-23-16(18-9)14-13(22)7-20(15(14)17)12-5-3-4-11(6-12)19-10(2)21/h3-6,8,17,22H,7H2,1-2H3,(H,19,21). The van der Waals surface area contributed by atoms with E-state index in [-0.39, 0.29) is 24.0 Å². The van der Waals surface area contributed by atoms with Gasteiger partial charge >= 0.3 is 0 Å². The fourth-order valence-electron chi connectivity index (χ4n) is 2.45. The van der Waals surface area contributed by atoms with Gasteiger partial charge in [-0.25, -0.2) is 4.98 Å². The molecule has 0 atom stereocenters. The number of hydrogen-bond acceptors (Lipinski definition) is 5. The van der Waals surface area contributed by atoms with Gasteiger partial charge in [-0.15, -0.1) is 11.3 Å². The first-order valence-electron chi connectivity index (χ1n) is 7.04. The summed E-state index contributed by atoms with van der Waals surface area (Å²) in [5.41, 5.74) is 2.72. The first kappa shape index (κ1) is 15.2. The monoisotopic (exact) mass is 328 g/mol. The van der Waals surface area contributed by atoms with E-state index in [0.717, 1.165) is 11.4 Å². The number of hydrogen-bond donors (Lipinski definition) is 3. The van der Waals surface area contributed by atoms with E-state index in [1.165, 1.54) is 18.3 Å². The Morgan fingerprint density at radius 3 is 2.91 bits per heavy atom. The number of aryl methyl sites for hydroxylation is 1. The smallest absolute Gasteiger partial charge is 0.221 e. The first-order valence-corrected chi connectivity index (χ1v) is 7.92. The normalized spacial score (nSPS) is 14.5. The first-order chi connectivity index (χ1) is 11.0. The van der Waals surface area contributed by atoms with Crippen molar-refractivity contribution in [1.82, 2.24) is 4.98 Å². The van der Waals surface area contributed by atoms with E-state index in [2.05, 4.69) is 10.3 Å². The van der Waals surface area contributed by atoms with Crippen molar-refractivity contribution in [2.24, 2.45) is 0 Å². The van der Waals surface area contributed by atoms with Crippen LogP contribution in [0.3, 0.4) is 0 Å². The van der Waals surface area contributed by atoms with E-state index in [0.29, 0.717) is 16.3 Å². The molecule has 1 aliphatic heterocycles. The molecule has 7 heteroatoms. The number of anilines is 2. The molecule has 3 N–H and O–H groups in total. The molecule has 0 aliphatic carbocycles. The minimum atomic E-state index is -0.154. The average molecular weight is 328 g/mol. The van der Waals surface area contributed by atoms with Crippen LogP contribution in [0.25, 0.3) is 5.57 Å². The van der Waals surface area contributed by atoms with Crippen LogP contribution in [0.1, 0.15) is 17.6 Å². The molecule has 0 radical (unpaired) electrons. The van der Waals surface area contributed by atoms with Crippen molar-refractivity contribution in [3.8, 4) is 0 Å². The summed E-state index contributed by atoms with van der Waals surface area (Å²) in [5, 5.41) is 23.9. The van der Waals surface area contributed by atoms with Crippen molar-refractivity contribution in [1.29, 1.82) is 5.41 Å². The maximum atomic E-state index is 11.2. The molecule has 23 heavy (non-hydrogen) atoms. The molecule has 0 spiro atoms. The Hall–Kier alpha value is -2.67. The summed E-state index contributed by atoms with van der Waals surface area (Å²) >= 11 is 1.41. The zero-order valence-electron chi connectivity index (χ0n) is 12.8. The molecule has 3 rings (SSSR count). The second-order valence-electron chi connectivity index (χ2n) is 5.28. The van der Waals surface area contributed by atoms with E-state index in [9.17, 15) is 9.90 Å². The van der Waals surface area contributed by atoms with Gasteiger partial charge in [-0.2, -0.15) is 0 Å². The highest BCUT2D eigenvalue weighted by atomic mass is 32.1. The van der Waals surface area contributed by atoms with Crippen molar-refractivity contribution in [2.75, 3.05) is 16.8 Å². The number of rotatable bonds is 3. The second kappa shape index (κ2) is 5.85. The molecule has 0 unspecified atom stereocenters. The molecule has 1 aromatic carbocycles. The summed E-state index contributed by atoms with van der Waals surface area (Å²) in [6, 6.07) is 7.20. The minimum Gasteiger partial charge on any atom is -0.510 e. The average Bonchev–Trinajstić information content (AvgIpc) is 3.02. The van der Waals surface area contributed by atoms with Gasteiger partial charge in [-0.3, -0.25) is 10.2 Å². The number of amides is 1. The fraction of sp³-hybridized carbons (Fsp3) is 0.188. The van der Waals surface area contributed by atoms with Crippen molar-refractivity contribution in [3.63, 3.8) is 0 Å². The largest absolute Gasteiger partial charge is 0.510 e. The van der Waals surface area contributed by atoms with Gasteiger partial charge in [-0.1, -0.05) is 6.07 Å². The number of carbonyl (C=O) groups excluding carboxylic acids is 1. The lowest BCUT2D eigenvalue weighted by Gasteiger charge is -2.19. The molecule has 0 bridgehead atoms. The maximum absolute atomic E-state index is 11.2. The molecule has 0 saturated heterocycles. The Morgan fingerprint density at radius 1 is 1.48 bits per heavy atom. The molecule has 0 fully saturated rings. The van der Waals surface area contributed by atoms with Gasteiger partial charge in [0.15, 0.2) is 0 Å². The summed E-state index contributed by atoms with van der Waals surface area (Å²) in [5.74, 6) is 0.185. The molecule has 118 valence electrons. The number of nitrogens with zero attached hydrogens (tertiary/aromatic N) is 2. The molecule has 0 saturated carbocycles. The number of aliphatic hydroxyl groups excluding tert-OH is 1. The second-order valence-corrected chi connectivity index (χ2v) is 6.14. The van der Waals surface area contributed by atoms with Gasteiger partial charge in [-0.05, 0) is 25.1 Å². The van der Waals surface area contributed by atoms with Gasteiger partial charge < -0.3 is 15.3 Å². The number of carbonyl (C=O) groups is 1. The van der Waals surface area contributed by atoms with Gasteiger partial charge in [0.2, 0.25) is 5.91 Å². The van der Waals surface area contributed by atoms with Gasteiger partial charge in [0.25, 0.3) is 0 Å². The van der Waals surface area contributed by atoms with Gasteiger partial charge in [0, 0.05) is 29.4 Å². The van der Waals surface area contributed by atoms with Crippen LogP contribution < -0.4 is 10.2 Å². The van der Waals surface area contributed by atoms with Crippen LogP contribution in [0.2, 0.25) is 0 Å². The molecular weight excluding hydrogens is 312 g/mol. The predicted octanol–water partition coefficient (Wildman–Crippen LogP) is 3.18. The molecule has 2 aromatic rings. The van der Waals surface area contributed by atoms with Crippen molar-refractivity contribution in [2.45, 2.75) is 13.8 Å². The van der Waals surface area contributed by atoms with Crippen LogP contribution in [-0.2, 0) is 4.79 Å². The third-order valence-electron chi connectivity index (χ3n) is 3.41. The maximum Gasteiger partial charge on any atom is 0.221 e. The SMILES string of the molecule is CC(=O)Nc1cccc(N2CC(O)=C(c3nc(C)cs3)C2=N)c1. The number of benzene rings is 1. The summed E-state index contributed by atoms with van der Waals surface area (Å²) in [6.07, 6.45) is 0. The van der Waals surface area contributed by atoms with Crippen molar-refractivity contribution in [3.05, 3.63) is 46.1 Å². The third-order valence-corrected chi connectivity index (χ3v) is 4.39. The van der Waals surface area contributed by atoms with Gasteiger partial charge in [0.05, 0.1) is 12.1 Å². The highest BCUT2D eigenvalue weighted by molar-refractivity contribution is 7.11. The number of aromatic nitrogens is 1. The molecule has 1 amide bonds. The summed E-state index contributed by atoms with van der Waals surface area (Å²) < 4.78 is 0. The molecule has 6 nitrogen and oxygen atoms in total. The number of thiazole rings is 1. The number of nitrogens with one attached hydrogen (secondary N) is 2. The number of amidine groups is 1. The zero-order chi connectivity index (χ0) is 16.6. The van der Waals surface area contributed by atoms with Crippen LogP contribution in [-0.4, -0.2) is 28.4 Å². The molecule has 2 heterocycles. The van der Waals surface area contributed by atoms with Crippen LogP contribution in [0.4, 0.5) is 11.4 Å². The highest BCUT2D eigenvalue weighted by Gasteiger charge is 2.31. The lowest BCUT2D eigenvalue weighted by molar-refractivity contribution is -0.114. The zero-order valence-corrected chi connectivity index (χ0v) is 13.6. The summed E-state index contributed by atoms with van der Waals surface area (Å²) in [6.45, 7) is 3.54. The highest BCUT2D eigenvalue weighted by Crippen LogP contribution is 2.33. The van der Waals surface area contributed by atoms with Crippen LogP contribution in [0.15, 0.2) is 35.4 Å². The van der Waals surface area contributed by atoms with Crippen molar-refractivity contribution >= 4 is 40.0 Å². The van der Waals surface area contributed by atoms with E-state index >= 15 is 0 Å². The fourth-order valence-corrected chi connectivity index (χ4v) is 3.31. The molecule has 1 aromatic heterocycles. The van der Waals surface area contributed by atoms with E-state index in [1.54, 1.807) is 23.1 Å². The quantitative estimate of drug-likeness (QED) is 0.807. The summed E-state index contributed by atoms with van der Waals surface area (Å²) in [4.78, 5) is 17.2. The Labute approximate surface area is 137 Å². The number of aliphatic hydroxyl groups is 1. The van der Waals surface area contributed by atoms with Crippen LogP contribution >= 0.6 is 11.3 Å². The van der Waals surface area contributed by atoms with E-state index in [1.807, 2.05) is 18.4 Å². The van der Waals surface area contributed by atoms with Crippen LogP contribution in [0, 0.1) is 12.3 Å². The minimum absolute atomic E-state index is 0.134.